The molecule has 0 radical (unpaired) electrons. The lowest BCUT2D eigenvalue weighted by atomic mass is 9.88. The number of benzene rings is 2. The van der Waals surface area contributed by atoms with Crippen molar-refractivity contribution in [1.29, 1.82) is 0 Å². The van der Waals surface area contributed by atoms with Gasteiger partial charge in [0.05, 0.1) is 39.5 Å². The second kappa shape index (κ2) is 13.4. The summed E-state index contributed by atoms with van der Waals surface area (Å²) >= 11 is 0. The van der Waals surface area contributed by atoms with Crippen LogP contribution in [0.1, 0.15) is 43.7 Å². The standard InChI is InChI=1S/C28H35FO7/c1-18(2)24-17-25(33-4)28(35-14-13-34-12-11-32-3)27(19-5-7-20(29)8-6-19)23(24)10-9-22-15-21(30)16-26(31)36-22/h5-10,17-18,21-22,30H,11-16H2,1-4H3/t21-,22-/m1/s1. The molecular formula is C28H35FO7. The van der Waals surface area contributed by atoms with Crippen molar-refractivity contribution < 1.29 is 38.0 Å². The van der Waals surface area contributed by atoms with E-state index in [0.29, 0.717) is 37.7 Å². The van der Waals surface area contributed by atoms with Gasteiger partial charge in [0.2, 0.25) is 0 Å². The lowest BCUT2D eigenvalue weighted by molar-refractivity contribution is -0.156. The van der Waals surface area contributed by atoms with Crippen LogP contribution < -0.4 is 9.47 Å². The average molecular weight is 503 g/mol. The van der Waals surface area contributed by atoms with E-state index in [0.717, 1.165) is 22.3 Å². The molecule has 1 heterocycles. The van der Waals surface area contributed by atoms with E-state index in [-0.39, 0.29) is 24.8 Å². The van der Waals surface area contributed by atoms with Crippen LogP contribution in [0.5, 0.6) is 11.5 Å². The molecule has 8 heteroatoms. The quantitative estimate of drug-likeness (QED) is 0.331. The molecule has 196 valence electrons. The summed E-state index contributed by atoms with van der Waals surface area (Å²) in [5.74, 6) is 0.387. The van der Waals surface area contributed by atoms with Gasteiger partial charge in [0.25, 0.3) is 0 Å². The summed E-state index contributed by atoms with van der Waals surface area (Å²) in [7, 11) is 3.19. The Kier molecular flexibility index (Phi) is 10.3. The lowest BCUT2D eigenvalue weighted by Gasteiger charge is -2.25. The summed E-state index contributed by atoms with van der Waals surface area (Å²) in [6.45, 7) is 5.69. The number of carbonyl (C=O) groups is 1. The maximum atomic E-state index is 13.8. The van der Waals surface area contributed by atoms with Crippen LogP contribution in [0.25, 0.3) is 17.2 Å². The summed E-state index contributed by atoms with van der Waals surface area (Å²) in [5, 5.41) is 10.0. The second-order valence-electron chi connectivity index (χ2n) is 8.88. The number of cyclic esters (lactones) is 1. The highest BCUT2D eigenvalue weighted by Gasteiger charge is 2.26. The molecule has 1 aliphatic heterocycles. The van der Waals surface area contributed by atoms with Gasteiger partial charge in [0, 0.05) is 19.1 Å². The van der Waals surface area contributed by atoms with Crippen molar-refractivity contribution in [1.82, 2.24) is 0 Å². The van der Waals surface area contributed by atoms with Gasteiger partial charge in [-0.05, 0) is 46.9 Å². The molecule has 0 amide bonds. The fraction of sp³-hybridized carbons (Fsp3) is 0.464. The molecule has 2 aromatic carbocycles. The van der Waals surface area contributed by atoms with E-state index in [2.05, 4.69) is 13.8 Å². The van der Waals surface area contributed by atoms with E-state index in [4.69, 9.17) is 23.7 Å². The highest BCUT2D eigenvalue weighted by atomic mass is 19.1. The topological polar surface area (TPSA) is 83.5 Å². The smallest absolute Gasteiger partial charge is 0.309 e. The van der Waals surface area contributed by atoms with Crippen LogP contribution in [0.15, 0.2) is 36.4 Å². The zero-order valence-corrected chi connectivity index (χ0v) is 21.3. The summed E-state index contributed by atoms with van der Waals surface area (Å²) in [4.78, 5) is 11.8. The minimum absolute atomic E-state index is 0.00457. The molecular weight excluding hydrogens is 467 g/mol. The number of aliphatic hydroxyl groups excluding tert-OH is 1. The predicted molar refractivity (Wildman–Crippen MR) is 135 cm³/mol. The Bertz CT molecular complexity index is 1030. The maximum Gasteiger partial charge on any atom is 0.309 e. The lowest BCUT2D eigenvalue weighted by Crippen LogP contribution is -2.31. The summed E-state index contributed by atoms with van der Waals surface area (Å²) in [5.41, 5.74) is 3.29. The molecule has 0 unspecified atom stereocenters. The molecule has 0 aromatic heterocycles. The first-order chi connectivity index (χ1) is 17.3. The fourth-order valence-electron chi connectivity index (χ4n) is 4.11. The Labute approximate surface area is 211 Å². The van der Waals surface area contributed by atoms with Gasteiger partial charge >= 0.3 is 5.97 Å². The van der Waals surface area contributed by atoms with E-state index in [1.165, 1.54) is 12.1 Å². The summed E-state index contributed by atoms with van der Waals surface area (Å²) in [6.07, 6.45) is 2.68. The average Bonchev–Trinajstić information content (AvgIpc) is 2.84. The van der Waals surface area contributed by atoms with Gasteiger partial charge in [-0.3, -0.25) is 4.79 Å². The normalized spacial score (nSPS) is 18.0. The summed E-state index contributed by atoms with van der Waals surface area (Å²) in [6, 6.07) is 8.11. The van der Waals surface area contributed by atoms with Crippen LogP contribution in [0.3, 0.4) is 0 Å². The fourth-order valence-corrected chi connectivity index (χ4v) is 4.11. The van der Waals surface area contributed by atoms with Gasteiger partial charge in [-0.2, -0.15) is 0 Å². The molecule has 1 N–H and O–H groups in total. The van der Waals surface area contributed by atoms with Crippen molar-refractivity contribution in [3.05, 3.63) is 53.4 Å². The van der Waals surface area contributed by atoms with Crippen molar-refractivity contribution in [3.8, 4) is 22.6 Å². The molecule has 2 aromatic rings. The van der Waals surface area contributed by atoms with Crippen molar-refractivity contribution in [2.24, 2.45) is 0 Å². The number of rotatable bonds is 12. The van der Waals surface area contributed by atoms with Gasteiger partial charge in [0.15, 0.2) is 11.5 Å². The minimum atomic E-state index is -0.741. The van der Waals surface area contributed by atoms with E-state index in [9.17, 15) is 14.3 Å². The second-order valence-corrected chi connectivity index (χ2v) is 8.88. The van der Waals surface area contributed by atoms with Crippen LogP contribution in [-0.2, 0) is 19.0 Å². The molecule has 0 saturated carbocycles. The molecule has 0 bridgehead atoms. The van der Waals surface area contributed by atoms with Gasteiger partial charge in [-0.25, -0.2) is 4.39 Å². The number of carbonyl (C=O) groups excluding carboxylic acids is 1. The van der Waals surface area contributed by atoms with Crippen LogP contribution in [0.2, 0.25) is 0 Å². The van der Waals surface area contributed by atoms with Crippen LogP contribution >= 0.6 is 0 Å². The molecule has 0 spiro atoms. The molecule has 36 heavy (non-hydrogen) atoms. The Balaban J connectivity index is 2.08. The largest absolute Gasteiger partial charge is 0.493 e. The van der Waals surface area contributed by atoms with Crippen molar-refractivity contribution >= 4 is 12.0 Å². The van der Waals surface area contributed by atoms with Crippen LogP contribution in [-0.4, -0.2) is 63.9 Å². The molecule has 3 rings (SSSR count). The Morgan fingerprint density at radius 1 is 1.14 bits per heavy atom. The number of hydrogen-bond donors (Lipinski definition) is 1. The van der Waals surface area contributed by atoms with Crippen molar-refractivity contribution in [2.75, 3.05) is 40.6 Å². The molecule has 1 fully saturated rings. The number of aliphatic hydroxyl groups is 1. The molecule has 2 atom stereocenters. The zero-order valence-electron chi connectivity index (χ0n) is 21.3. The highest BCUT2D eigenvalue weighted by Crippen LogP contribution is 2.45. The molecule has 0 aliphatic carbocycles. The van der Waals surface area contributed by atoms with Gasteiger partial charge < -0.3 is 28.8 Å². The van der Waals surface area contributed by atoms with Gasteiger partial charge in [0.1, 0.15) is 18.5 Å². The minimum Gasteiger partial charge on any atom is -0.493 e. The number of halogens is 1. The van der Waals surface area contributed by atoms with Gasteiger partial charge in [-0.15, -0.1) is 0 Å². The van der Waals surface area contributed by atoms with Crippen molar-refractivity contribution in [3.63, 3.8) is 0 Å². The third-order valence-corrected chi connectivity index (χ3v) is 5.87. The third kappa shape index (κ3) is 7.29. The van der Waals surface area contributed by atoms with E-state index in [1.54, 1.807) is 32.4 Å². The van der Waals surface area contributed by atoms with E-state index < -0.39 is 18.2 Å². The highest BCUT2D eigenvalue weighted by molar-refractivity contribution is 5.85. The zero-order chi connectivity index (χ0) is 26.1. The van der Waals surface area contributed by atoms with Crippen molar-refractivity contribution in [2.45, 2.75) is 44.8 Å². The van der Waals surface area contributed by atoms with E-state index in [1.807, 2.05) is 12.1 Å². The van der Waals surface area contributed by atoms with Gasteiger partial charge in [-0.1, -0.05) is 32.1 Å². The monoisotopic (exact) mass is 502 g/mol. The molecule has 1 saturated heterocycles. The number of methoxy groups -OCH3 is 2. The number of hydrogen-bond acceptors (Lipinski definition) is 7. The Morgan fingerprint density at radius 3 is 2.50 bits per heavy atom. The first kappa shape index (κ1) is 27.6. The first-order valence-electron chi connectivity index (χ1n) is 12.1. The van der Waals surface area contributed by atoms with Crippen LogP contribution in [0, 0.1) is 5.82 Å². The number of ether oxygens (including phenoxy) is 5. The summed E-state index contributed by atoms with van der Waals surface area (Å²) < 4.78 is 41.6. The predicted octanol–water partition coefficient (Wildman–Crippen LogP) is 4.75. The molecule has 7 nitrogen and oxygen atoms in total. The Hall–Kier alpha value is -2.94. The Morgan fingerprint density at radius 2 is 1.86 bits per heavy atom. The maximum absolute atomic E-state index is 13.8. The van der Waals surface area contributed by atoms with Crippen LogP contribution in [0.4, 0.5) is 4.39 Å². The third-order valence-electron chi connectivity index (χ3n) is 5.87. The first-order valence-corrected chi connectivity index (χ1v) is 12.1. The molecule has 1 aliphatic rings. The SMILES string of the molecule is COCCOCCOc1c(OC)cc(C(C)C)c(C=C[C@@H]2C[C@@H](O)CC(=O)O2)c1-c1ccc(F)cc1. The van der Waals surface area contributed by atoms with E-state index >= 15 is 0 Å². The number of esters is 1.